The van der Waals surface area contributed by atoms with Gasteiger partial charge in [0.15, 0.2) is 17.4 Å². The van der Waals surface area contributed by atoms with E-state index in [4.69, 9.17) is 34.7 Å². The summed E-state index contributed by atoms with van der Waals surface area (Å²) >= 11 is 0. The molecule has 1 aliphatic heterocycles. The molecule has 6 atom stereocenters. The molecule has 1 aromatic carbocycles. The Hall–Kier alpha value is -3.33. The average Bonchev–Trinajstić information content (AvgIpc) is 3.40. The molecule has 4 rings (SSSR count). The van der Waals surface area contributed by atoms with Crippen LogP contribution in [0.25, 0.3) is 11.2 Å². The molecule has 0 unspecified atom stereocenters. The van der Waals surface area contributed by atoms with E-state index in [2.05, 4.69) is 20.0 Å². The molecule has 3 aromatic rings. The van der Waals surface area contributed by atoms with E-state index in [-0.39, 0.29) is 23.2 Å². The quantitative estimate of drug-likeness (QED) is 0.190. The number of fused-ring (bicyclic) bond motifs is 1. The van der Waals surface area contributed by atoms with Crippen LogP contribution in [0.15, 0.2) is 36.7 Å². The van der Waals surface area contributed by atoms with Crippen molar-refractivity contribution >= 4 is 30.8 Å². The fourth-order valence-corrected chi connectivity index (χ4v) is 5.60. The number of nitrogens with zero attached hydrogens (tertiary/aromatic N) is 4. The van der Waals surface area contributed by atoms with Crippen molar-refractivity contribution in [3.05, 3.63) is 36.7 Å². The lowest BCUT2D eigenvalue weighted by molar-refractivity contribution is -0.142. The summed E-state index contributed by atoms with van der Waals surface area (Å²) in [4.78, 5) is 24.6. The van der Waals surface area contributed by atoms with E-state index in [0.29, 0.717) is 12.1 Å². The van der Waals surface area contributed by atoms with Gasteiger partial charge in [0.05, 0.1) is 32.2 Å². The Morgan fingerprint density at radius 1 is 1.33 bits per heavy atom. The second kappa shape index (κ2) is 11.4. The largest absolute Gasteiger partial charge is 0.476 e. The summed E-state index contributed by atoms with van der Waals surface area (Å²) in [5.41, 5.74) is 11.6. The minimum absolute atomic E-state index is 0.0466. The van der Waals surface area contributed by atoms with Gasteiger partial charge in [0.2, 0.25) is 11.8 Å². The first-order chi connectivity index (χ1) is 18.5. The number of aliphatic hydroxyl groups excluding tert-OH is 1. The molecule has 0 saturated carbocycles. The summed E-state index contributed by atoms with van der Waals surface area (Å²) in [6, 6.07) is 7.23. The first-order valence-corrected chi connectivity index (χ1v) is 13.6. The van der Waals surface area contributed by atoms with E-state index in [0.717, 1.165) is 0 Å². The molecular formula is C23H32N7O8P. The Labute approximate surface area is 224 Å². The highest BCUT2D eigenvalue weighted by molar-refractivity contribution is 7.52. The predicted octanol–water partition coefficient (Wildman–Crippen LogP) is 1.14. The third-order valence-electron chi connectivity index (χ3n) is 6.05. The Bertz CT molecular complexity index is 1350. The predicted molar refractivity (Wildman–Crippen MR) is 139 cm³/mol. The molecule has 3 heterocycles. The van der Waals surface area contributed by atoms with Crippen molar-refractivity contribution < 1.29 is 37.7 Å². The first kappa shape index (κ1) is 28.7. The number of nitrogen functional groups attached to an aromatic ring is 1. The summed E-state index contributed by atoms with van der Waals surface area (Å²) in [5.74, 6) is -0.302. The number of benzene rings is 1. The maximum atomic E-state index is 13.7. The summed E-state index contributed by atoms with van der Waals surface area (Å²) in [5, 5.41) is 13.6. The zero-order valence-corrected chi connectivity index (χ0v) is 22.8. The molecular weight excluding hydrogens is 533 g/mol. The van der Waals surface area contributed by atoms with E-state index in [9.17, 15) is 14.5 Å². The molecule has 0 aliphatic carbocycles. The summed E-state index contributed by atoms with van der Waals surface area (Å²) < 4.78 is 42.7. The molecule has 0 spiro atoms. The van der Waals surface area contributed by atoms with Gasteiger partial charge in [-0.2, -0.15) is 15.1 Å². The number of hydrogen-bond acceptors (Lipinski definition) is 13. The molecule has 1 aliphatic rings. The highest BCUT2D eigenvalue weighted by Gasteiger charge is 2.53. The third kappa shape index (κ3) is 5.98. The maximum Gasteiger partial charge on any atom is 0.459 e. The van der Waals surface area contributed by atoms with Crippen LogP contribution < -0.4 is 25.8 Å². The number of anilines is 1. The van der Waals surface area contributed by atoms with Gasteiger partial charge in [-0.05, 0) is 32.9 Å². The highest BCUT2D eigenvalue weighted by Crippen LogP contribution is 2.47. The lowest BCUT2D eigenvalue weighted by Crippen LogP contribution is -2.52. The van der Waals surface area contributed by atoms with Gasteiger partial charge in [0.25, 0.3) is 0 Å². The Morgan fingerprint density at radius 2 is 2.05 bits per heavy atom. The lowest BCUT2D eigenvalue weighted by Gasteiger charge is -2.28. The van der Waals surface area contributed by atoms with Crippen molar-refractivity contribution in [3.8, 4) is 11.6 Å². The van der Waals surface area contributed by atoms with E-state index in [1.54, 1.807) is 44.2 Å². The van der Waals surface area contributed by atoms with Crippen LogP contribution in [0.5, 0.6) is 11.6 Å². The minimum atomic E-state index is -4.18. The van der Waals surface area contributed by atoms with E-state index in [1.807, 2.05) is 0 Å². The molecule has 16 heteroatoms. The van der Waals surface area contributed by atoms with Crippen LogP contribution in [-0.4, -0.2) is 74.7 Å². The van der Waals surface area contributed by atoms with Crippen molar-refractivity contribution in [1.29, 1.82) is 0 Å². The standard InChI is InChI=1S/C23H32N7O8P/c1-5-35-19-16-18(27-22(24)28-19)30(12-26-16)21-23(3,25)17(31)15(37-21)11-36-39(33,29-13(2)20(32)34-4)38-14-9-7-6-8-10-14/h6-10,12-13,15,17,21,31H,5,11,25H2,1-4H3,(H,29,33)(H2,24,27,28)/t13-,15+,17+,21+,23+,39-/m0/s1. The lowest BCUT2D eigenvalue weighted by atomic mass is 9.93. The van der Waals surface area contributed by atoms with Gasteiger partial charge >= 0.3 is 13.7 Å². The van der Waals surface area contributed by atoms with Crippen molar-refractivity contribution in [2.45, 2.75) is 50.8 Å². The zero-order chi connectivity index (χ0) is 28.4. The Morgan fingerprint density at radius 3 is 2.72 bits per heavy atom. The van der Waals surface area contributed by atoms with Crippen LogP contribution in [0.3, 0.4) is 0 Å². The summed E-state index contributed by atoms with van der Waals surface area (Å²) in [7, 11) is -2.98. The van der Waals surface area contributed by atoms with Gasteiger partial charge in [0, 0.05) is 0 Å². The number of aromatic nitrogens is 4. The number of carbonyl (C=O) groups is 1. The number of esters is 1. The van der Waals surface area contributed by atoms with Crippen LogP contribution in [0.1, 0.15) is 27.0 Å². The highest BCUT2D eigenvalue weighted by atomic mass is 31.2. The Kier molecular flexibility index (Phi) is 8.39. The van der Waals surface area contributed by atoms with Crippen molar-refractivity contribution in [3.63, 3.8) is 0 Å². The van der Waals surface area contributed by atoms with E-state index >= 15 is 0 Å². The first-order valence-electron chi connectivity index (χ1n) is 12.1. The normalized spacial score (nSPS) is 25.2. The van der Waals surface area contributed by atoms with Gasteiger partial charge in [-0.25, -0.2) is 9.55 Å². The minimum Gasteiger partial charge on any atom is -0.476 e. The van der Waals surface area contributed by atoms with Crippen molar-refractivity contribution in [1.82, 2.24) is 24.6 Å². The maximum absolute atomic E-state index is 13.7. The number of nitrogens with one attached hydrogen (secondary N) is 1. The average molecular weight is 566 g/mol. The van der Waals surface area contributed by atoms with E-state index in [1.165, 1.54) is 24.9 Å². The second-order valence-corrected chi connectivity index (χ2v) is 10.7. The number of nitrogens with two attached hydrogens (primary N) is 2. The summed E-state index contributed by atoms with van der Waals surface area (Å²) in [6.07, 6.45) is -1.90. The number of methoxy groups -OCH3 is 1. The molecule has 15 nitrogen and oxygen atoms in total. The molecule has 1 saturated heterocycles. The molecule has 6 N–H and O–H groups in total. The fourth-order valence-electron chi connectivity index (χ4n) is 4.09. The molecule has 2 aromatic heterocycles. The Balaban J connectivity index is 1.58. The summed E-state index contributed by atoms with van der Waals surface area (Å²) in [6.45, 7) is 4.74. The molecule has 0 amide bonds. The van der Waals surface area contributed by atoms with Crippen LogP contribution in [-0.2, 0) is 23.4 Å². The number of hydrogen-bond donors (Lipinski definition) is 4. The third-order valence-corrected chi connectivity index (χ3v) is 7.69. The van der Waals surface area contributed by atoms with Gasteiger partial charge < -0.3 is 35.3 Å². The number of aliphatic hydroxyl groups is 1. The van der Waals surface area contributed by atoms with Crippen molar-refractivity contribution in [2.75, 3.05) is 26.1 Å². The molecule has 39 heavy (non-hydrogen) atoms. The molecule has 0 radical (unpaired) electrons. The number of ether oxygens (including phenoxy) is 3. The van der Waals surface area contributed by atoms with Crippen LogP contribution >= 0.6 is 7.75 Å². The molecule has 0 bridgehead atoms. The fraction of sp³-hybridized carbons (Fsp3) is 0.478. The van der Waals surface area contributed by atoms with Crippen molar-refractivity contribution in [2.24, 2.45) is 5.73 Å². The monoisotopic (exact) mass is 565 g/mol. The van der Waals surface area contributed by atoms with Gasteiger partial charge in [0.1, 0.15) is 24.0 Å². The second-order valence-electron chi connectivity index (χ2n) is 9.05. The van der Waals surface area contributed by atoms with Gasteiger partial charge in [-0.1, -0.05) is 18.2 Å². The molecule has 212 valence electrons. The zero-order valence-electron chi connectivity index (χ0n) is 21.9. The smallest absolute Gasteiger partial charge is 0.459 e. The van der Waals surface area contributed by atoms with Crippen LogP contribution in [0.2, 0.25) is 0 Å². The molecule has 1 fully saturated rings. The van der Waals surface area contributed by atoms with Gasteiger partial charge in [-0.15, -0.1) is 0 Å². The number of imidazole rings is 1. The van der Waals surface area contributed by atoms with Gasteiger partial charge in [-0.3, -0.25) is 13.9 Å². The number of carbonyl (C=O) groups excluding carboxylic acids is 1. The van der Waals surface area contributed by atoms with Crippen LogP contribution in [0, 0.1) is 0 Å². The number of para-hydroxylation sites is 1. The number of rotatable bonds is 11. The SMILES string of the molecule is CCOc1nc(N)nc2c1ncn2[C@@H]1O[C@H](CO[P@@](=O)(N[C@@H](C)C(=O)OC)Oc2ccccc2)[C@@H](O)[C@@]1(C)N. The van der Waals surface area contributed by atoms with Crippen LogP contribution in [0.4, 0.5) is 5.95 Å². The van der Waals surface area contributed by atoms with E-state index < -0.39 is 50.3 Å². The topological polar surface area (TPSA) is 208 Å².